The highest BCUT2D eigenvalue weighted by Gasteiger charge is 2.10. The number of hydrogen-bond donors (Lipinski definition) is 0. The molecule has 0 atom stereocenters. The Kier molecular flexibility index (Phi) is 3.09. The van der Waals surface area contributed by atoms with E-state index in [1.165, 1.54) is 4.91 Å². The van der Waals surface area contributed by atoms with Gasteiger partial charge in [0.1, 0.15) is 5.76 Å². The molecule has 1 aliphatic rings. The van der Waals surface area contributed by atoms with Gasteiger partial charge in [-0.3, -0.25) is 4.79 Å². The monoisotopic (exact) mass is 208 g/mol. The average molecular weight is 208 g/mol. The predicted octanol–water partition coefficient (Wildman–Crippen LogP) is 3.15. The molecule has 2 rings (SSSR count). The third kappa shape index (κ3) is 2.51. The van der Waals surface area contributed by atoms with Gasteiger partial charge in [-0.05, 0) is 36.0 Å². The molecule has 1 aromatic heterocycles. The summed E-state index contributed by atoms with van der Waals surface area (Å²) in [5.74, 6) is 2.05. The fourth-order valence-electron chi connectivity index (χ4n) is 1.43. The number of furan rings is 1. The lowest BCUT2D eigenvalue weighted by Gasteiger charge is -2.10. The van der Waals surface area contributed by atoms with Gasteiger partial charge in [-0.2, -0.15) is 0 Å². The molecule has 1 aliphatic carbocycles. The number of thioether (sulfide) groups is 1. The Morgan fingerprint density at radius 2 is 2.36 bits per heavy atom. The fraction of sp³-hybridized carbons (Fsp3) is 0.364. The van der Waals surface area contributed by atoms with Crippen LogP contribution in [0.15, 0.2) is 33.8 Å². The lowest BCUT2D eigenvalue weighted by Crippen LogP contribution is -2.00. The molecule has 0 fully saturated rings. The fourth-order valence-corrected chi connectivity index (χ4v) is 2.43. The molecular formula is C11H12O2S. The highest BCUT2D eigenvalue weighted by molar-refractivity contribution is 8.02. The Hall–Kier alpha value is -0.960. The number of carbonyl (C=O) groups excluding carboxylic acids is 1. The second-order valence-corrected chi connectivity index (χ2v) is 4.40. The molecule has 1 heterocycles. The first-order valence-electron chi connectivity index (χ1n) is 4.73. The summed E-state index contributed by atoms with van der Waals surface area (Å²) < 4.78 is 5.22. The van der Waals surface area contributed by atoms with Gasteiger partial charge in [0, 0.05) is 6.42 Å². The second-order valence-electron chi connectivity index (χ2n) is 3.30. The maximum absolute atomic E-state index is 11.1. The summed E-state index contributed by atoms with van der Waals surface area (Å²) in [5.41, 5.74) is 0. The zero-order valence-corrected chi connectivity index (χ0v) is 8.68. The predicted molar refractivity (Wildman–Crippen MR) is 56.9 cm³/mol. The van der Waals surface area contributed by atoms with Gasteiger partial charge in [0.05, 0.1) is 12.0 Å². The summed E-state index contributed by atoms with van der Waals surface area (Å²) in [5, 5.41) is 0. The molecule has 0 aliphatic heterocycles. The van der Waals surface area contributed by atoms with Gasteiger partial charge in [0.2, 0.25) is 0 Å². The zero-order chi connectivity index (χ0) is 9.80. The molecule has 3 heteroatoms. The molecule has 0 amide bonds. The van der Waals surface area contributed by atoms with Crippen LogP contribution < -0.4 is 0 Å². The largest absolute Gasteiger partial charge is 0.468 e. The van der Waals surface area contributed by atoms with E-state index in [9.17, 15) is 4.79 Å². The maximum Gasteiger partial charge on any atom is 0.156 e. The normalized spacial score (nSPS) is 16.9. The van der Waals surface area contributed by atoms with Gasteiger partial charge >= 0.3 is 0 Å². The molecule has 0 N–H and O–H groups in total. The number of rotatable bonds is 3. The molecular weight excluding hydrogens is 196 g/mol. The van der Waals surface area contributed by atoms with Crippen LogP contribution in [0.3, 0.4) is 0 Å². The minimum Gasteiger partial charge on any atom is -0.468 e. The van der Waals surface area contributed by atoms with Crippen molar-refractivity contribution in [2.75, 3.05) is 0 Å². The van der Waals surface area contributed by atoms with Crippen LogP contribution in [0.25, 0.3) is 0 Å². The van der Waals surface area contributed by atoms with Crippen LogP contribution in [0.1, 0.15) is 25.0 Å². The van der Waals surface area contributed by atoms with Crippen LogP contribution in [-0.2, 0) is 10.5 Å². The highest BCUT2D eigenvalue weighted by Crippen LogP contribution is 2.28. The second kappa shape index (κ2) is 4.51. The van der Waals surface area contributed by atoms with Crippen LogP contribution in [0, 0.1) is 0 Å². The van der Waals surface area contributed by atoms with E-state index in [1.807, 2.05) is 12.1 Å². The summed E-state index contributed by atoms with van der Waals surface area (Å²) >= 11 is 1.71. The van der Waals surface area contributed by atoms with E-state index in [1.54, 1.807) is 24.1 Å². The Morgan fingerprint density at radius 3 is 3.07 bits per heavy atom. The van der Waals surface area contributed by atoms with Crippen molar-refractivity contribution in [3.05, 3.63) is 35.1 Å². The summed E-state index contributed by atoms with van der Waals surface area (Å²) in [6.45, 7) is 0. The van der Waals surface area contributed by atoms with Crippen LogP contribution >= 0.6 is 11.8 Å². The van der Waals surface area contributed by atoms with Crippen molar-refractivity contribution in [1.82, 2.24) is 0 Å². The third-order valence-electron chi connectivity index (χ3n) is 2.15. The molecule has 74 valence electrons. The van der Waals surface area contributed by atoms with E-state index in [-0.39, 0.29) is 5.78 Å². The number of carbonyl (C=O) groups is 1. The number of ketones is 1. The number of hydrogen-bond acceptors (Lipinski definition) is 3. The lowest BCUT2D eigenvalue weighted by atomic mass is 10.1. The highest BCUT2D eigenvalue weighted by atomic mass is 32.2. The van der Waals surface area contributed by atoms with Crippen LogP contribution in [0.4, 0.5) is 0 Å². The van der Waals surface area contributed by atoms with Gasteiger partial charge in [-0.25, -0.2) is 0 Å². The molecule has 0 aromatic carbocycles. The van der Waals surface area contributed by atoms with E-state index < -0.39 is 0 Å². The van der Waals surface area contributed by atoms with E-state index in [2.05, 4.69) is 0 Å². The van der Waals surface area contributed by atoms with Gasteiger partial charge in [-0.15, -0.1) is 11.8 Å². The molecule has 2 nitrogen and oxygen atoms in total. The quantitative estimate of drug-likeness (QED) is 0.764. The minimum absolute atomic E-state index is 0.262. The van der Waals surface area contributed by atoms with Crippen molar-refractivity contribution in [1.29, 1.82) is 0 Å². The Bertz CT molecular complexity index is 338. The molecule has 1 aromatic rings. The third-order valence-corrected chi connectivity index (χ3v) is 3.27. The van der Waals surface area contributed by atoms with Crippen molar-refractivity contribution in [3.8, 4) is 0 Å². The molecule has 0 bridgehead atoms. The molecule has 14 heavy (non-hydrogen) atoms. The van der Waals surface area contributed by atoms with Crippen LogP contribution in [0.2, 0.25) is 0 Å². The minimum atomic E-state index is 0.262. The molecule has 0 radical (unpaired) electrons. The number of allylic oxidation sites excluding steroid dienone is 2. The Morgan fingerprint density at radius 1 is 1.43 bits per heavy atom. The Labute approximate surface area is 87.4 Å². The van der Waals surface area contributed by atoms with Crippen molar-refractivity contribution < 1.29 is 9.21 Å². The smallest absolute Gasteiger partial charge is 0.156 e. The standard InChI is InChI=1S/C11H12O2S/c12-9-3-1-5-11(7-9)14-8-10-4-2-6-13-10/h2,4,6-7H,1,3,5,8H2. The van der Waals surface area contributed by atoms with Crippen molar-refractivity contribution in [2.24, 2.45) is 0 Å². The van der Waals surface area contributed by atoms with Gasteiger partial charge in [0.25, 0.3) is 0 Å². The first-order valence-corrected chi connectivity index (χ1v) is 5.72. The van der Waals surface area contributed by atoms with Gasteiger partial charge < -0.3 is 4.42 Å². The van der Waals surface area contributed by atoms with Gasteiger partial charge in [-0.1, -0.05) is 0 Å². The molecule has 0 unspecified atom stereocenters. The first-order chi connectivity index (χ1) is 6.84. The Balaban J connectivity index is 1.89. The van der Waals surface area contributed by atoms with Crippen molar-refractivity contribution in [2.45, 2.75) is 25.0 Å². The van der Waals surface area contributed by atoms with E-state index in [0.717, 1.165) is 24.4 Å². The molecule has 0 saturated heterocycles. The van der Waals surface area contributed by atoms with Crippen LogP contribution in [-0.4, -0.2) is 5.78 Å². The topological polar surface area (TPSA) is 30.2 Å². The van der Waals surface area contributed by atoms with Gasteiger partial charge in [0.15, 0.2) is 5.78 Å². The molecule has 0 spiro atoms. The SMILES string of the molecule is O=C1C=C(SCc2ccco2)CCC1. The summed E-state index contributed by atoms with van der Waals surface area (Å²) in [4.78, 5) is 12.3. The van der Waals surface area contributed by atoms with Crippen molar-refractivity contribution >= 4 is 17.5 Å². The summed E-state index contributed by atoms with van der Waals surface area (Å²) in [6, 6.07) is 3.84. The zero-order valence-electron chi connectivity index (χ0n) is 7.86. The first kappa shape index (κ1) is 9.59. The summed E-state index contributed by atoms with van der Waals surface area (Å²) in [6.07, 6.45) is 6.20. The van der Waals surface area contributed by atoms with Crippen LogP contribution in [0.5, 0.6) is 0 Å². The maximum atomic E-state index is 11.1. The molecule has 0 saturated carbocycles. The van der Waals surface area contributed by atoms with E-state index in [4.69, 9.17) is 4.42 Å². The van der Waals surface area contributed by atoms with Crippen molar-refractivity contribution in [3.63, 3.8) is 0 Å². The lowest BCUT2D eigenvalue weighted by molar-refractivity contribution is -0.115. The van der Waals surface area contributed by atoms with E-state index in [0.29, 0.717) is 6.42 Å². The summed E-state index contributed by atoms with van der Waals surface area (Å²) in [7, 11) is 0. The van der Waals surface area contributed by atoms with E-state index >= 15 is 0 Å². The average Bonchev–Trinajstić information content (AvgIpc) is 2.67.